The molecule has 0 radical (unpaired) electrons. The fraction of sp³-hybridized carbons (Fsp3) is 0.429. The lowest BCUT2D eigenvalue weighted by Gasteiger charge is -2.07. The fourth-order valence-corrected chi connectivity index (χ4v) is 1.76. The minimum absolute atomic E-state index is 0.0505. The standard InChI is InChI=1S/C14H19N3O2/c15-12-5-1-10(2-6-12)9-13(18)16-7-8-17-14(19)11-3-4-11/h1-2,5-6,11H,3-4,7-9,15H2,(H,16,18)(H,17,19). The maximum absolute atomic E-state index is 11.6. The van der Waals surface area contributed by atoms with E-state index in [1.165, 1.54) is 0 Å². The van der Waals surface area contributed by atoms with Gasteiger partial charge in [-0.05, 0) is 30.5 Å². The Morgan fingerprint density at radius 1 is 1.11 bits per heavy atom. The van der Waals surface area contributed by atoms with E-state index in [1.807, 2.05) is 12.1 Å². The van der Waals surface area contributed by atoms with Crippen molar-refractivity contribution in [2.75, 3.05) is 18.8 Å². The monoisotopic (exact) mass is 261 g/mol. The minimum Gasteiger partial charge on any atom is -0.399 e. The molecule has 0 heterocycles. The highest BCUT2D eigenvalue weighted by Gasteiger charge is 2.28. The molecule has 2 amide bonds. The number of carbonyl (C=O) groups is 2. The largest absolute Gasteiger partial charge is 0.399 e. The fourth-order valence-electron chi connectivity index (χ4n) is 1.76. The molecular weight excluding hydrogens is 242 g/mol. The molecule has 19 heavy (non-hydrogen) atoms. The number of nitrogens with two attached hydrogens (primary N) is 1. The molecule has 1 aromatic carbocycles. The molecule has 0 unspecified atom stereocenters. The van der Waals surface area contributed by atoms with Crippen LogP contribution in [0.3, 0.4) is 0 Å². The van der Waals surface area contributed by atoms with E-state index >= 15 is 0 Å². The van der Waals surface area contributed by atoms with Gasteiger partial charge in [-0.2, -0.15) is 0 Å². The van der Waals surface area contributed by atoms with Gasteiger partial charge >= 0.3 is 0 Å². The van der Waals surface area contributed by atoms with Crippen LogP contribution < -0.4 is 16.4 Å². The Bertz CT molecular complexity index is 452. The molecule has 0 aliphatic heterocycles. The van der Waals surface area contributed by atoms with E-state index in [0.29, 0.717) is 25.2 Å². The summed E-state index contributed by atoms with van der Waals surface area (Å²) >= 11 is 0. The van der Waals surface area contributed by atoms with Crippen LogP contribution in [-0.4, -0.2) is 24.9 Å². The Morgan fingerprint density at radius 2 is 1.74 bits per heavy atom. The first-order valence-electron chi connectivity index (χ1n) is 6.54. The number of nitrogen functional groups attached to an aromatic ring is 1. The van der Waals surface area contributed by atoms with Gasteiger partial charge in [-0.15, -0.1) is 0 Å². The highest BCUT2D eigenvalue weighted by atomic mass is 16.2. The maximum atomic E-state index is 11.6. The van der Waals surface area contributed by atoms with Gasteiger partial charge in [0.1, 0.15) is 0 Å². The topological polar surface area (TPSA) is 84.2 Å². The van der Waals surface area contributed by atoms with Crippen LogP contribution >= 0.6 is 0 Å². The molecule has 4 N–H and O–H groups in total. The van der Waals surface area contributed by atoms with Crippen LogP contribution in [0.4, 0.5) is 5.69 Å². The number of hydrogen-bond donors (Lipinski definition) is 3. The summed E-state index contributed by atoms with van der Waals surface area (Å²) in [6.07, 6.45) is 2.32. The van der Waals surface area contributed by atoms with Crippen molar-refractivity contribution < 1.29 is 9.59 Å². The molecule has 5 nitrogen and oxygen atoms in total. The molecular formula is C14H19N3O2. The van der Waals surface area contributed by atoms with Crippen molar-refractivity contribution in [3.63, 3.8) is 0 Å². The van der Waals surface area contributed by atoms with Crippen molar-refractivity contribution >= 4 is 17.5 Å². The van der Waals surface area contributed by atoms with Crippen molar-refractivity contribution in [1.82, 2.24) is 10.6 Å². The number of hydrogen-bond acceptors (Lipinski definition) is 3. The summed E-state index contributed by atoms with van der Waals surface area (Å²) in [5, 5.41) is 5.58. The van der Waals surface area contributed by atoms with Crippen LogP contribution in [0.25, 0.3) is 0 Å². The van der Waals surface area contributed by atoms with Gasteiger partial charge in [-0.25, -0.2) is 0 Å². The van der Waals surface area contributed by atoms with Gasteiger partial charge in [0.05, 0.1) is 6.42 Å². The highest BCUT2D eigenvalue weighted by molar-refractivity contribution is 5.81. The first-order chi connectivity index (χ1) is 9.15. The molecule has 1 aromatic rings. The van der Waals surface area contributed by atoms with Gasteiger partial charge in [0.2, 0.25) is 11.8 Å². The minimum atomic E-state index is -0.0505. The Balaban J connectivity index is 1.61. The normalized spacial score (nSPS) is 13.9. The zero-order valence-corrected chi connectivity index (χ0v) is 10.8. The van der Waals surface area contributed by atoms with E-state index in [4.69, 9.17) is 5.73 Å². The van der Waals surface area contributed by atoms with Crippen LogP contribution in [0.15, 0.2) is 24.3 Å². The average Bonchev–Trinajstić information content (AvgIpc) is 3.21. The Labute approximate surface area is 112 Å². The summed E-state index contributed by atoms with van der Waals surface area (Å²) in [5.41, 5.74) is 7.18. The van der Waals surface area contributed by atoms with E-state index in [2.05, 4.69) is 10.6 Å². The molecule has 102 valence electrons. The van der Waals surface area contributed by atoms with Crippen molar-refractivity contribution in [1.29, 1.82) is 0 Å². The third kappa shape index (κ3) is 4.62. The van der Waals surface area contributed by atoms with Crippen LogP contribution in [0.5, 0.6) is 0 Å². The molecule has 1 fully saturated rings. The lowest BCUT2D eigenvalue weighted by molar-refractivity contribution is -0.123. The zero-order valence-electron chi connectivity index (χ0n) is 10.8. The smallest absolute Gasteiger partial charge is 0.224 e. The van der Waals surface area contributed by atoms with E-state index < -0.39 is 0 Å². The molecule has 1 aliphatic rings. The Morgan fingerprint density at radius 3 is 2.37 bits per heavy atom. The lowest BCUT2D eigenvalue weighted by Crippen LogP contribution is -2.35. The predicted octanol–water partition coefficient (Wildman–Crippen LogP) is 0.454. The van der Waals surface area contributed by atoms with Crippen molar-refractivity contribution in [2.45, 2.75) is 19.3 Å². The second-order valence-electron chi connectivity index (χ2n) is 4.83. The number of amides is 2. The predicted molar refractivity (Wildman–Crippen MR) is 73.3 cm³/mol. The highest BCUT2D eigenvalue weighted by Crippen LogP contribution is 2.28. The summed E-state index contributed by atoms with van der Waals surface area (Å²) in [6, 6.07) is 7.23. The van der Waals surface area contributed by atoms with Gasteiger partial charge in [-0.1, -0.05) is 12.1 Å². The maximum Gasteiger partial charge on any atom is 0.224 e. The van der Waals surface area contributed by atoms with E-state index in [1.54, 1.807) is 12.1 Å². The summed E-state index contributed by atoms with van der Waals surface area (Å²) in [5.74, 6) is 0.267. The summed E-state index contributed by atoms with van der Waals surface area (Å²) in [4.78, 5) is 23.0. The second-order valence-corrected chi connectivity index (χ2v) is 4.83. The van der Waals surface area contributed by atoms with Gasteiger partial charge in [0, 0.05) is 24.7 Å². The third-order valence-electron chi connectivity index (χ3n) is 3.04. The molecule has 2 rings (SSSR count). The van der Waals surface area contributed by atoms with Crippen molar-refractivity contribution in [3.8, 4) is 0 Å². The van der Waals surface area contributed by atoms with Crippen molar-refractivity contribution in [3.05, 3.63) is 29.8 Å². The van der Waals surface area contributed by atoms with Gasteiger partial charge in [-0.3, -0.25) is 9.59 Å². The molecule has 0 atom stereocenters. The molecule has 0 bridgehead atoms. The summed E-state index contributed by atoms with van der Waals surface area (Å²) < 4.78 is 0. The van der Waals surface area contributed by atoms with Gasteiger partial charge in [0.15, 0.2) is 0 Å². The number of anilines is 1. The SMILES string of the molecule is Nc1ccc(CC(=O)NCCNC(=O)C2CC2)cc1. The molecule has 1 saturated carbocycles. The lowest BCUT2D eigenvalue weighted by atomic mass is 10.1. The number of nitrogens with one attached hydrogen (secondary N) is 2. The Kier molecular flexibility index (Phi) is 4.39. The third-order valence-corrected chi connectivity index (χ3v) is 3.04. The van der Waals surface area contributed by atoms with Crippen LogP contribution in [0.2, 0.25) is 0 Å². The van der Waals surface area contributed by atoms with E-state index in [0.717, 1.165) is 18.4 Å². The Hall–Kier alpha value is -2.04. The molecule has 0 spiro atoms. The summed E-state index contributed by atoms with van der Waals surface area (Å²) in [7, 11) is 0. The number of benzene rings is 1. The summed E-state index contributed by atoms with van der Waals surface area (Å²) in [6.45, 7) is 0.953. The quantitative estimate of drug-likeness (QED) is 0.513. The zero-order chi connectivity index (χ0) is 13.7. The second kappa shape index (κ2) is 6.22. The average molecular weight is 261 g/mol. The first-order valence-corrected chi connectivity index (χ1v) is 6.54. The first kappa shape index (κ1) is 13.4. The van der Waals surface area contributed by atoms with Gasteiger partial charge < -0.3 is 16.4 Å². The van der Waals surface area contributed by atoms with Crippen LogP contribution in [0.1, 0.15) is 18.4 Å². The van der Waals surface area contributed by atoms with Gasteiger partial charge in [0.25, 0.3) is 0 Å². The number of carbonyl (C=O) groups excluding carboxylic acids is 2. The molecule has 1 aliphatic carbocycles. The molecule has 0 saturated heterocycles. The molecule has 0 aromatic heterocycles. The number of rotatable bonds is 6. The van der Waals surface area contributed by atoms with E-state index in [9.17, 15) is 9.59 Å². The molecule has 5 heteroatoms. The van der Waals surface area contributed by atoms with Crippen molar-refractivity contribution in [2.24, 2.45) is 5.92 Å². The van der Waals surface area contributed by atoms with E-state index in [-0.39, 0.29) is 17.7 Å². The van der Waals surface area contributed by atoms with Crippen LogP contribution in [-0.2, 0) is 16.0 Å². The van der Waals surface area contributed by atoms with Crippen LogP contribution in [0, 0.1) is 5.92 Å².